The maximum absolute atomic E-state index is 13.2. The maximum Gasteiger partial charge on any atom is 0.244 e. The zero-order valence-electron chi connectivity index (χ0n) is 20.9. The molecule has 10 heteroatoms. The fourth-order valence-electron chi connectivity index (χ4n) is 4.27. The van der Waals surface area contributed by atoms with E-state index in [4.69, 9.17) is 4.74 Å². The molecule has 2 N–H and O–H groups in total. The molecule has 37 heavy (non-hydrogen) atoms. The summed E-state index contributed by atoms with van der Waals surface area (Å²) < 4.78 is 20.2. The van der Waals surface area contributed by atoms with Gasteiger partial charge in [0.25, 0.3) is 0 Å². The Bertz CT molecular complexity index is 1300. The van der Waals surface area contributed by atoms with Crippen LogP contribution in [0.5, 0.6) is 5.75 Å². The van der Waals surface area contributed by atoms with E-state index in [1.807, 2.05) is 0 Å². The highest BCUT2D eigenvalue weighted by atomic mass is 19.1. The van der Waals surface area contributed by atoms with Gasteiger partial charge in [0, 0.05) is 68.5 Å². The number of ether oxygens (including phenoxy) is 1. The Morgan fingerprint density at radius 1 is 0.946 bits per heavy atom. The Labute approximate surface area is 214 Å². The molecule has 0 radical (unpaired) electrons. The van der Waals surface area contributed by atoms with Gasteiger partial charge in [0.1, 0.15) is 12.4 Å². The van der Waals surface area contributed by atoms with E-state index in [2.05, 4.69) is 20.4 Å². The molecule has 2 heterocycles. The third-order valence-corrected chi connectivity index (χ3v) is 6.16. The van der Waals surface area contributed by atoms with Crippen molar-refractivity contribution in [3.63, 3.8) is 0 Å². The lowest BCUT2D eigenvalue weighted by atomic mass is 10.2. The molecular weight excluding hydrogens is 477 g/mol. The first-order chi connectivity index (χ1) is 17.8. The number of halogens is 1. The van der Waals surface area contributed by atoms with E-state index in [0.29, 0.717) is 23.6 Å². The number of nitrogens with zero attached hydrogens (tertiary/aromatic N) is 3. The van der Waals surface area contributed by atoms with E-state index in [1.54, 1.807) is 47.2 Å². The van der Waals surface area contributed by atoms with E-state index in [-0.39, 0.29) is 35.4 Å². The third-order valence-electron chi connectivity index (χ3n) is 6.16. The second-order valence-electron chi connectivity index (χ2n) is 8.87. The molecule has 2 aromatic carbocycles. The zero-order chi connectivity index (χ0) is 26.4. The summed E-state index contributed by atoms with van der Waals surface area (Å²) in [4.78, 5) is 40.9. The highest BCUT2D eigenvalue weighted by Crippen LogP contribution is 2.19. The Balaban J connectivity index is 1.42. The zero-order valence-corrected chi connectivity index (χ0v) is 20.9. The SMILES string of the molecule is COc1cn(CC(=O)Nc2ccc(NC(C)=O)cc2)c(CN2CCN(c3ccc(F)cc3)CC2)cc1=O. The number of hydrogen-bond acceptors (Lipinski definition) is 6. The topological polar surface area (TPSA) is 95.9 Å². The molecular formula is C27H30FN5O4. The number of amides is 2. The van der Waals surface area contributed by atoms with E-state index in [1.165, 1.54) is 32.2 Å². The van der Waals surface area contributed by atoms with Gasteiger partial charge in [-0.05, 0) is 48.5 Å². The second-order valence-corrected chi connectivity index (χ2v) is 8.87. The largest absolute Gasteiger partial charge is 0.491 e. The summed E-state index contributed by atoms with van der Waals surface area (Å²) in [6.45, 7) is 4.96. The summed E-state index contributed by atoms with van der Waals surface area (Å²) in [5.41, 5.74) is 2.66. The quantitative estimate of drug-likeness (QED) is 0.487. The van der Waals surface area contributed by atoms with Crippen LogP contribution in [0.3, 0.4) is 0 Å². The van der Waals surface area contributed by atoms with Crippen LogP contribution in [0.15, 0.2) is 65.6 Å². The minimum absolute atomic E-state index is 0.00499. The van der Waals surface area contributed by atoms with Crippen LogP contribution in [0.2, 0.25) is 0 Å². The van der Waals surface area contributed by atoms with Gasteiger partial charge in [0.15, 0.2) is 5.75 Å². The summed E-state index contributed by atoms with van der Waals surface area (Å²) in [6.07, 6.45) is 1.56. The Hall–Kier alpha value is -4.18. The van der Waals surface area contributed by atoms with Crippen molar-refractivity contribution in [3.8, 4) is 5.75 Å². The standard InChI is InChI=1S/C27H30FN5O4/c1-19(34)29-21-5-7-22(8-6-21)30-27(36)18-33-17-26(37-2)25(35)15-24(33)16-31-11-13-32(14-12-31)23-9-3-20(28)4-10-23/h3-10,15,17H,11-14,16,18H2,1-2H3,(H,29,34)(H,30,36). The summed E-state index contributed by atoms with van der Waals surface area (Å²) in [5, 5.41) is 5.52. The number of carbonyl (C=O) groups excluding carboxylic acids is 2. The molecule has 0 spiro atoms. The summed E-state index contributed by atoms with van der Waals surface area (Å²) >= 11 is 0. The fraction of sp³-hybridized carbons (Fsp3) is 0.296. The lowest BCUT2D eigenvalue weighted by Gasteiger charge is -2.36. The van der Waals surface area contributed by atoms with Crippen molar-refractivity contribution in [2.45, 2.75) is 20.0 Å². The minimum atomic E-state index is -0.264. The summed E-state index contributed by atoms with van der Waals surface area (Å²) in [7, 11) is 1.42. The number of pyridine rings is 1. The number of anilines is 3. The number of rotatable bonds is 8. The lowest BCUT2D eigenvalue weighted by Crippen LogP contribution is -2.46. The molecule has 1 aliphatic rings. The van der Waals surface area contributed by atoms with Gasteiger partial charge in [0.2, 0.25) is 17.2 Å². The number of aromatic nitrogens is 1. The number of hydrogen-bond donors (Lipinski definition) is 2. The number of piperazine rings is 1. The predicted molar refractivity (Wildman–Crippen MR) is 141 cm³/mol. The summed E-state index contributed by atoms with van der Waals surface area (Å²) in [5.74, 6) is -0.531. The van der Waals surface area contributed by atoms with Crippen LogP contribution in [0.25, 0.3) is 0 Å². The molecule has 0 unspecified atom stereocenters. The smallest absolute Gasteiger partial charge is 0.244 e. The van der Waals surface area contributed by atoms with Gasteiger partial charge in [-0.15, -0.1) is 0 Å². The molecule has 1 fully saturated rings. The van der Waals surface area contributed by atoms with Crippen molar-refractivity contribution in [1.82, 2.24) is 9.47 Å². The highest BCUT2D eigenvalue weighted by Gasteiger charge is 2.20. The number of methoxy groups -OCH3 is 1. The first-order valence-corrected chi connectivity index (χ1v) is 12.0. The third kappa shape index (κ3) is 6.95. The number of carbonyl (C=O) groups is 2. The van der Waals surface area contributed by atoms with Crippen LogP contribution >= 0.6 is 0 Å². The molecule has 1 aromatic heterocycles. The number of benzene rings is 2. The van der Waals surface area contributed by atoms with Gasteiger partial charge >= 0.3 is 0 Å². The van der Waals surface area contributed by atoms with Gasteiger partial charge in [-0.25, -0.2) is 4.39 Å². The average Bonchev–Trinajstić information content (AvgIpc) is 2.87. The van der Waals surface area contributed by atoms with Crippen LogP contribution in [0.4, 0.5) is 21.5 Å². The lowest BCUT2D eigenvalue weighted by molar-refractivity contribution is -0.117. The molecule has 3 aromatic rings. The van der Waals surface area contributed by atoms with Crippen LogP contribution in [0.1, 0.15) is 12.6 Å². The highest BCUT2D eigenvalue weighted by molar-refractivity contribution is 5.92. The molecule has 194 valence electrons. The summed E-state index contributed by atoms with van der Waals surface area (Å²) in [6, 6.07) is 14.8. The molecule has 9 nitrogen and oxygen atoms in total. The van der Waals surface area contributed by atoms with Crippen molar-refractivity contribution < 1.29 is 18.7 Å². The van der Waals surface area contributed by atoms with Crippen molar-refractivity contribution in [2.75, 3.05) is 48.8 Å². The van der Waals surface area contributed by atoms with E-state index in [9.17, 15) is 18.8 Å². The Kier molecular flexibility index (Phi) is 8.19. The van der Waals surface area contributed by atoms with Gasteiger partial charge in [0.05, 0.1) is 13.3 Å². The Morgan fingerprint density at radius 2 is 1.57 bits per heavy atom. The first kappa shape index (κ1) is 25.9. The molecule has 0 bridgehead atoms. The molecule has 2 amide bonds. The fourth-order valence-corrected chi connectivity index (χ4v) is 4.27. The monoisotopic (exact) mass is 507 g/mol. The van der Waals surface area contributed by atoms with Gasteiger partial charge < -0.3 is 24.8 Å². The van der Waals surface area contributed by atoms with Crippen LogP contribution < -0.4 is 25.7 Å². The maximum atomic E-state index is 13.2. The molecule has 1 saturated heterocycles. The van der Waals surface area contributed by atoms with Gasteiger partial charge in [-0.3, -0.25) is 19.3 Å². The molecule has 4 rings (SSSR count). The van der Waals surface area contributed by atoms with Crippen molar-refractivity contribution >= 4 is 28.9 Å². The normalized spacial score (nSPS) is 13.8. The molecule has 1 aliphatic heterocycles. The van der Waals surface area contributed by atoms with E-state index < -0.39 is 0 Å². The van der Waals surface area contributed by atoms with Crippen LogP contribution in [-0.4, -0.2) is 54.6 Å². The van der Waals surface area contributed by atoms with Crippen molar-refractivity contribution in [2.24, 2.45) is 0 Å². The van der Waals surface area contributed by atoms with Gasteiger partial charge in [-0.2, -0.15) is 0 Å². The predicted octanol–water partition coefficient (Wildman–Crippen LogP) is 2.92. The van der Waals surface area contributed by atoms with E-state index in [0.717, 1.165) is 31.9 Å². The van der Waals surface area contributed by atoms with Gasteiger partial charge in [-0.1, -0.05) is 0 Å². The van der Waals surface area contributed by atoms with E-state index >= 15 is 0 Å². The molecule has 0 saturated carbocycles. The van der Waals surface area contributed by atoms with Crippen LogP contribution in [0, 0.1) is 5.82 Å². The first-order valence-electron chi connectivity index (χ1n) is 12.0. The Morgan fingerprint density at radius 3 is 2.16 bits per heavy atom. The molecule has 0 aliphatic carbocycles. The number of nitrogens with one attached hydrogen (secondary N) is 2. The minimum Gasteiger partial charge on any atom is -0.491 e. The molecule has 0 atom stereocenters. The van der Waals surface area contributed by atoms with Crippen LogP contribution in [-0.2, 0) is 22.7 Å². The average molecular weight is 508 g/mol. The van der Waals surface area contributed by atoms with Crippen molar-refractivity contribution in [1.29, 1.82) is 0 Å². The second kappa shape index (κ2) is 11.7. The van der Waals surface area contributed by atoms with Crippen molar-refractivity contribution in [3.05, 3.63) is 82.5 Å².